The molecule has 4 aliphatic rings. The minimum Gasteiger partial charge on any atom is -0.468 e. The van der Waals surface area contributed by atoms with Crippen LogP contribution in [0.25, 0.3) is 0 Å². The number of fused-ring (bicyclic) bond motifs is 4. The normalized spacial score (nSPS) is 25.4. The highest BCUT2D eigenvalue weighted by Gasteiger charge is 2.33. The van der Waals surface area contributed by atoms with Gasteiger partial charge < -0.3 is 14.7 Å². The summed E-state index contributed by atoms with van der Waals surface area (Å²) < 4.78 is 17.8. The van der Waals surface area contributed by atoms with Crippen molar-refractivity contribution < 1.29 is 23.8 Å². The van der Waals surface area contributed by atoms with Crippen LogP contribution in [0.15, 0.2) is 48.5 Å². The number of benzene rings is 2. The Labute approximate surface area is 194 Å². The number of rotatable bonds is 5. The van der Waals surface area contributed by atoms with E-state index in [1.165, 1.54) is 49.5 Å². The Morgan fingerprint density at radius 1 is 1.09 bits per heavy atom. The lowest BCUT2D eigenvalue weighted by atomic mass is 9.78. The van der Waals surface area contributed by atoms with Gasteiger partial charge in [0.2, 0.25) is 0 Å². The van der Waals surface area contributed by atoms with E-state index >= 15 is 0 Å². The van der Waals surface area contributed by atoms with Gasteiger partial charge in [0.1, 0.15) is 5.82 Å². The molecule has 3 fully saturated rings. The molecule has 2 aromatic carbocycles. The molecule has 4 aliphatic heterocycles. The minimum atomic E-state index is -0.950. The number of hydrogen-bond donors (Lipinski definition) is 1. The first-order valence-electron chi connectivity index (χ1n) is 11.7. The molecule has 0 aliphatic carbocycles. The van der Waals surface area contributed by atoms with Gasteiger partial charge in [0.15, 0.2) is 0 Å². The summed E-state index contributed by atoms with van der Waals surface area (Å²) in [5.74, 6) is 1.36. The molecule has 0 aromatic heterocycles. The smallest absolute Gasteiger partial charge is 0.408 e. The Balaban J connectivity index is 0.000000172. The van der Waals surface area contributed by atoms with Gasteiger partial charge in [-0.05, 0) is 79.4 Å². The molecule has 1 amide bonds. The molecule has 6 rings (SSSR count). The van der Waals surface area contributed by atoms with Gasteiger partial charge in [0, 0.05) is 13.1 Å². The lowest BCUT2D eigenvalue weighted by Gasteiger charge is -2.44. The molecule has 7 heteroatoms. The molecule has 2 aromatic rings. The Kier molecular flexibility index (Phi) is 7.60. The lowest BCUT2D eigenvalue weighted by Crippen LogP contribution is -2.47. The fourth-order valence-electron chi connectivity index (χ4n) is 5.46. The van der Waals surface area contributed by atoms with Crippen molar-refractivity contribution in [2.45, 2.75) is 31.7 Å². The summed E-state index contributed by atoms with van der Waals surface area (Å²) in [6.07, 6.45) is 3.52. The third-order valence-corrected chi connectivity index (χ3v) is 7.18. The van der Waals surface area contributed by atoms with Gasteiger partial charge >= 0.3 is 6.09 Å². The van der Waals surface area contributed by atoms with Crippen LogP contribution in [-0.4, -0.2) is 60.3 Å². The molecule has 176 valence electrons. The van der Waals surface area contributed by atoms with Crippen LogP contribution in [0.5, 0.6) is 0 Å². The maximum atomic E-state index is 13.1. The summed E-state index contributed by atoms with van der Waals surface area (Å²) >= 11 is 0. The summed E-state index contributed by atoms with van der Waals surface area (Å²) in [5, 5.41) is 9.40. The van der Waals surface area contributed by atoms with Gasteiger partial charge in [-0.15, -0.1) is 0 Å². The molecule has 2 bridgehead atoms. The summed E-state index contributed by atoms with van der Waals surface area (Å²) in [6, 6.07) is 13.5. The second-order valence-electron chi connectivity index (χ2n) is 9.03. The maximum absolute atomic E-state index is 13.1. The van der Waals surface area contributed by atoms with Crippen molar-refractivity contribution in [1.82, 2.24) is 9.80 Å². The molecule has 1 N–H and O–H groups in total. The van der Waals surface area contributed by atoms with Crippen LogP contribution >= 0.6 is 0 Å². The lowest BCUT2D eigenvalue weighted by molar-refractivity contribution is -0.129. The Morgan fingerprint density at radius 2 is 1.82 bits per heavy atom. The number of carbonyl (C=O) groups excluding carboxylic acids is 1. The van der Waals surface area contributed by atoms with E-state index in [1.807, 2.05) is 24.3 Å². The van der Waals surface area contributed by atoms with Crippen LogP contribution in [0, 0.1) is 17.7 Å². The van der Waals surface area contributed by atoms with Crippen molar-refractivity contribution in [1.29, 1.82) is 0 Å². The van der Waals surface area contributed by atoms with Gasteiger partial charge in [-0.25, -0.2) is 9.18 Å². The summed E-state index contributed by atoms with van der Waals surface area (Å²) in [6.45, 7) is 5.42. The SMILES string of the molecule is O=C(O)N1CCc2ccccc2[C@@H]1c1ccc(F)cc1.O=COCC[C@@H]1CN2CCC1CC2. The Morgan fingerprint density at radius 3 is 2.45 bits per heavy atom. The number of nitrogens with zero attached hydrogens (tertiary/aromatic N) is 2. The average molecular weight is 455 g/mol. The van der Waals surface area contributed by atoms with Crippen LogP contribution in [-0.2, 0) is 16.0 Å². The van der Waals surface area contributed by atoms with E-state index in [-0.39, 0.29) is 11.9 Å². The van der Waals surface area contributed by atoms with Gasteiger partial charge in [-0.1, -0.05) is 36.4 Å². The van der Waals surface area contributed by atoms with E-state index in [4.69, 9.17) is 4.74 Å². The molecule has 0 spiro atoms. The number of piperidine rings is 3. The van der Waals surface area contributed by atoms with E-state index in [0.29, 0.717) is 26.0 Å². The predicted molar refractivity (Wildman–Crippen MR) is 122 cm³/mol. The molecular weight excluding hydrogens is 423 g/mol. The molecule has 0 saturated carbocycles. The fourth-order valence-corrected chi connectivity index (χ4v) is 5.46. The van der Waals surface area contributed by atoms with Gasteiger partial charge in [0.05, 0.1) is 12.6 Å². The first kappa shape index (κ1) is 23.2. The molecule has 0 radical (unpaired) electrons. The highest BCUT2D eigenvalue weighted by molar-refractivity contribution is 5.67. The van der Waals surface area contributed by atoms with Crippen molar-refractivity contribution in [2.75, 3.05) is 32.8 Å². The summed E-state index contributed by atoms with van der Waals surface area (Å²) in [7, 11) is 0. The minimum absolute atomic E-state index is 0.320. The van der Waals surface area contributed by atoms with Crippen LogP contribution in [0.1, 0.15) is 42.0 Å². The highest BCUT2D eigenvalue weighted by Crippen LogP contribution is 2.35. The van der Waals surface area contributed by atoms with Crippen molar-refractivity contribution in [2.24, 2.45) is 11.8 Å². The van der Waals surface area contributed by atoms with Crippen molar-refractivity contribution >= 4 is 12.6 Å². The predicted octanol–water partition coefficient (Wildman–Crippen LogP) is 4.34. The van der Waals surface area contributed by atoms with Crippen molar-refractivity contribution in [3.8, 4) is 0 Å². The van der Waals surface area contributed by atoms with E-state index in [2.05, 4.69) is 4.90 Å². The number of carboxylic acid groups (broad SMARTS) is 1. The molecule has 0 unspecified atom stereocenters. The number of hydrogen-bond acceptors (Lipinski definition) is 4. The van der Waals surface area contributed by atoms with E-state index in [1.54, 1.807) is 12.1 Å². The standard InChI is InChI=1S/C16H14FNO2.C10H17NO2/c17-13-7-5-12(6-8-13)15-14-4-2-1-3-11(14)9-10-18(15)16(19)20;12-8-13-6-3-10-7-11-4-1-9(10)2-5-11/h1-8,15H,9-10H2,(H,19,20);8-10H,1-7H2/t15-;10-/m01/s1. The fraction of sp³-hybridized carbons (Fsp3) is 0.462. The zero-order valence-electron chi connectivity index (χ0n) is 18.7. The van der Waals surface area contributed by atoms with Crippen molar-refractivity contribution in [3.05, 3.63) is 71.0 Å². The van der Waals surface area contributed by atoms with Crippen LogP contribution < -0.4 is 0 Å². The number of amides is 1. The van der Waals surface area contributed by atoms with Crippen LogP contribution in [0.2, 0.25) is 0 Å². The third kappa shape index (κ3) is 5.53. The molecule has 33 heavy (non-hydrogen) atoms. The van der Waals surface area contributed by atoms with Gasteiger partial charge in [-0.2, -0.15) is 0 Å². The highest BCUT2D eigenvalue weighted by atomic mass is 19.1. The Hall–Kier alpha value is -2.93. The largest absolute Gasteiger partial charge is 0.468 e. The number of carbonyl (C=O) groups is 2. The number of ether oxygens (including phenoxy) is 1. The molecule has 6 nitrogen and oxygen atoms in total. The zero-order chi connectivity index (χ0) is 23.2. The molecule has 3 saturated heterocycles. The first-order valence-corrected chi connectivity index (χ1v) is 11.7. The van der Waals surface area contributed by atoms with Crippen molar-refractivity contribution in [3.63, 3.8) is 0 Å². The van der Waals surface area contributed by atoms with E-state index < -0.39 is 6.09 Å². The topological polar surface area (TPSA) is 70.1 Å². The second kappa shape index (κ2) is 10.8. The average Bonchev–Trinajstić information content (AvgIpc) is 2.85. The monoisotopic (exact) mass is 454 g/mol. The molecule has 4 heterocycles. The summed E-state index contributed by atoms with van der Waals surface area (Å²) in [5.41, 5.74) is 2.92. The van der Waals surface area contributed by atoms with Crippen LogP contribution in [0.3, 0.4) is 0 Å². The van der Waals surface area contributed by atoms with Crippen LogP contribution in [0.4, 0.5) is 9.18 Å². The second-order valence-corrected chi connectivity index (χ2v) is 9.03. The quantitative estimate of drug-likeness (QED) is 0.538. The zero-order valence-corrected chi connectivity index (χ0v) is 18.7. The first-order chi connectivity index (χ1) is 16.1. The van der Waals surface area contributed by atoms with Gasteiger partial charge in [0.25, 0.3) is 6.47 Å². The van der Waals surface area contributed by atoms with E-state index in [9.17, 15) is 19.1 Å². The van der Waals surface area contributed by atoms with E-state index in [0.717, 1.165) is 34.9 Å². The molecule has 2 atom stereocenters. The Bertz CT molecular complexity index is 944. The number of halogens is 1. The molecular formula is C26H31FN2O4. The third-order valence-electron chi connectivity index (χ3n) is 7.18. The van der Waals surface area contributed by atoms with Gasteiger partial charge in [-0.3, -0.25) is 9.69 Å². The summed E-state index contributed by atoms with van der Waals surface area (Å²) in [4.78, 5) is 25.4. The maximum Gasteiger partial charge on any atom is 0.408 e.